The molecule has 3 aromatic rings. The third-order valence-corrected chi connectivity index (χ3v) is 7.89. The number of hydrogen-bond donors (Lipinski definition) is 0. The maximum Gasteiger partial charge on any atom is 0.266 e. The molecule has 190 valence electrons. The van der Waals surface area contributed by atoms with Crippen molar-refractivity contribution in [3.8, 4) is 17.2 Å². The summed E-state index contributed by atoms with van der Waals surface area (Å²) < 4.78 is 18.6. The van der Waals surface area contributed by atoms with Gasteiger partial charge in [-0.25, -0.2) is 4.99 Å². The number of benzene rings is 2. The summed E-state index contributed by atoms with van der Waals surface area (Å²) in [7, 11) is 1.77. The first-order valence-electron chi connectivity index (χ1n) is 12.3. The number of thioether (sulfide) groups is 1. The fraction of sp³-hybridized carbons (Fsp3) is 0.286. The highest BCUT2D eigenvalue weighted by Crippen LogP contribution is 2.37. The monoisotopic (exact) mass is 516 g/mol. The maximum atomic E-state index is 13.1. The molecule has 0 spiro atoms. The third-order valence-electron chi connectivity index (χ3n) is 6.83. The van der Waals surface area contributed by atoms with Gasteiger partial charge >= 0.3 is 0 Å². The summed E-state index contributed by atoms with van der Waals surface area (Å²) in [5.41, 5.74) is 6.09. The van der Waals surface area contributed by atoms with Crippen molar-refractivity contribution in [1.82, 2.24) is 9.47 Å². The van der Waals surface area contributed by atoms with Gasteiger partial charge in [0.05, 0.1) is 23.8 Å². The molecule has 8 nitrogen and oxygen atoms in total. The standard InChI is InChI=1S/C28H28N4O4S/c1-18-14-20(19(2)32(18)23-8-9-24-25(16-23)36-17-35-24)15-26-27(33)30(3)28(37-26)29-21-4-6-22(7-5-21)31-10-12-34-13-11-31/h4-9,14-16H,10-13,17H2,1-3H3/b26-15-,29-28?. The highest BCUT2D eigenvalue weighted by atomic mass is 32.2. The van der Waals surface area contributed by atoms with Crippen molar-refractivity contribution in [2.24, 2.45) is 4.99 Å². The number of morpholine rings is 1. The van der Waals surface area contributed by atoms with E-state index < -0.39 is 0 Å². The van der Waals surface area contributed by atoms with E-state index in [-0.39, 0.29) is 12.7 Å². The van der Waals surface area contributed by atoms with E-state index in [9.17, 15) is 4.79 Å². The Morgan fingerprint density at radius 1 is 0.946 bits per heavy atom. The molecule has 2 fully saturated rings. The Kier molecular flexibility index (Phi) is 6.18. The molecule has 0 N–H and O–H groups in total. The predicted octanol–water partition coefficient (Wildman–Crippen LogP) is 4.89. The van der Waals surface area contributed by atoms with Crippen LogP contribution in [0, 0.1) is 13.8 Å². The van der Waals surface area contributed by atoms with Crippen LogP contribution in [-0.4, -0.2) is 60.7 Å². The molecule has 0 aliphatic carbocycles. The first-order chi connectivity index (χ1) is 18.0. The number of rotatable bonds is 4. The molecule has 0 radical (unpaired) electrons. The molecule has 3 aliphatic heterocycles. The number of amidine groups is 1. The zero-order valence-corrected chi connectivity index (χ0v) is 21.9. The average Bonchev–Trinajstić information content (AvgIpc) is 3.57. The second-order valence-electron chi connectivity index (χ2n) is 9.18. The molecule has 0 saturated carbocycles. The molecule has 0 bridgehead atoms. The van der Waals surface area contributed by atoms with Crippen LogP contribution < -0.4 is 14.4 Å². The lowest BCUT2D eigenvalue weighted by molar-refractivity contribution is -0.121. The predicted molar refractivity (Wildman–Crippen MR) is 146 cm³/mol. The Morgan fingerprint density at radius 3 is 2.46 bits per heavy atom. The SMILES string of the molecule is Cc1cc(/C=C2\SC(=Nc3ccc(N4CCOCC4)cc3)N(C)C2=O)c(C)n1-c1ccc2c(c1)OCO2. The van der Waals surface area contributed by atoms with Crippen LogP contribution in [0.4, 0.5) is 11.4 Å². The van der Waals surface area contributed by atoms with Gasteiger partial charge in [-0.15, -0.1) is 0 Å². The molecule has 6 rings (SSSR count). The summed E-state index contributed by atoms with van der Waals surface area (Å²) >= 11 is 1.40. The maximum absolute atomic E-state index is 13.1. The Balaban J connectivity index is 1.24. The summed E-state index contributed by atoms with van der Waals surface area (Å²) in [6.07, 6.45) is 1.96. The van der Waals surface area contributed by atoms with Crippen LogP contribution in [0.5, 0.6) is 11.5 Å². The Bertz CT molecular complexity index is 1420. The number of nitrogens with zero attached hydrogens (tertiary/aromatic N) is 4. The molecular formula is C28H28N4O4S. The van der Waals surface area contributed by atoms with Crippen LogP contribution >= 0.6 is 11.8 Å². The average molecular weight is 517 g/mol. The molecule has 1 amide bonds. The van der Waals surface area contributed by atoms with E-state index >= 15 is 0 Å². The van der Waals surface area contributed by atoms with E-state index in [1.54, 1.807) is 11.9 Å². The number of amides is 1. The Hall–Kier alpha value is -3.69. The van der Waals surface area contributed by atoms with E-state index in [0.717, 1.165) is 71.8 Å². The minimum absolute atomic E-state index is 0.0541. The molecular weight excluding hydrogens is 488 g/mol. The van der Waals surface area contributed by atoms with Crippen molar-refractivity contribution in [1.29, 1.82) is 0 Å². The van der Waals surface area contributed by atoms with Crippen molar-refractivity contribution in [3.63, 3.8) is 0 Å². The van der Waals surface area contributed by atoms with Crippen molar-refractivity contribution in [3.05, 3.63) is 70.4 Å². The van der Waals surface area contributed by atoms with Gasteiger partial charge in [-0.2, -0.15) is 0 Å². The van der Waals surface area contributed by atoms with E-state index in [0.29, 0.717) is 10.1 Å². The second kappa shape index (κ2) is 9.64. The summed E-state index contributed by atoms with van der Waals surface area (Å²) in [5.74, 6) is 1.44. The molecule has 0 unspecified atom stereocenters. The zero-order chi connectivity index (χ0) is 25.5. The number of likely N-dealkylation sites (N-methyl/N-ethyl adjacent to an activating group) is 1. The Labute approximate surface area is 220 Å². The lowest BCUT2D eigenvalue weighted by Crippen LogP contribution is -2.36. The van der Waals surface area contributed by atoms with Crippen LogP contribution in [0.25, 0.3) is 11.8 Å². The molecule has 0 atom stereocenters. The van der Waals surface area contributed by atoms with Crippen LogP contribution in [0.2, 0.25) is 0 Å². The van der Waals surface area contributed by atoms with Gasteiger partial charge in [0.2, 0.25) is 6.79 Å². The number of aliphatic imine (C=N–C) groups is 1. The summed E-state index contributed by atoms with van der Waals surface area (Å²) in [5, 5.41) is 0.667. The number of carbonyl (C=O) groups excluding carboxylic acids is 1. The smallest absolute Gasteiger partial charge is 0.266 e. The summed E-state index contributed by atoms with van der Waals surface area (Å²) in [6.45, 7) is 7.65. The minimum Gasteiger partial charge on any atom is -0.454 e. The molecule has 3 aliphatic rings. The zero-order valence-electron chi connectivity index (χ0n) is 21.1. The highest BCUT2D eigenvalue weighted by Gasteiger charge is 2.31. The topological polar surface area (TPSA) is 68.5 Å². The summed E-state index contributed by atoms with van der Waals surface area (Å²) in [6, 6.07) is 16.2. The van der Waals surface area contributed by atoms with Crippen molar-refractivity contribution in [2.45, 2.75) is 13.8 Å². The number of anilines is 1. The number of hydrogen-bond acceptors (Lipinski definition) is 7. The van der Waals surface area contributed by atoms with E-state index in [2.05, 4.69) is 41.5 Å². The molecule has 9 heteroatoms. The largest absolute Gasteiger partial charge is 0.454 e. The lowest BCUT2D eigenvalue weighted by Gasteiger charge is -2.28. The second-order valence-corrected chi connectivity index (χ2v) is 10.2. The van der Waals surface area contributed by atoms with Crippen LogP contribution in [0.15, 0.2) is 58.4 Å². The number of carbonyl (C=O) groups is 1. The minimum atomic E-state index is -0.0541. The van der Waals surface area contributed by atoms with Gasteiger partial charge in [0, 0.05) is 49.0 Å². The van der Waals surface area contributed by atoms with Gasteiger partial charge in [0.25, 0.3) is 5.91 Å². The fourth-order valence-corrected chi connectivity index (χ4v) is 5.80. The molecule has 4 heterocycles. The van der Waals surface area contributed by atoms with Gasteiger partial charge in [0.1, 0.15) is 0 Å². The van der Waals surface area contributed by atoms with Crippen LogP contribution in [-0.2, 0) is 9.53 Å². The normalized spacial score (nSPS) is 19.5. The quantitative estimate of drug-likeness (QED) is 0.460. The summed E-state index contributed by atoms with van der Waals surface area (Å²) in [4.78, 5) is 22.4. The van der Waals surface area contributed by atoms with Crippen LogP contribution in [0.1, 0.15) is 17.0 Å². The molecule has 2 aromatic carbocycles. The number of aromatic nitrogens is 1. The fourth-order valence-electron chi connectivity index (χ4n) is 4.82. The van der Waals surface area contributed by atoms with Crippen molar-refractivity contribution in [2.75, 3.05) is 45.0 Å². The molecule has 2 saturated heterocycles. The van der Waals surface area contributed by atoms with Gasteiger partial charge < -0.3 is 23.7 Å². The van der Waals surface area contributed by atoms with Crippen LogP contribution in [0.3, 0.4) is 0 Å². The van der Waals surface area contributed by atoms with Gasteiger partial charge in [0.15, 0.2) is 16.7 Å². The third kappa shape index (κ3) is 4.49. The lowest BCUT2D eigenvalue weighted by atomic mass is 10.2. The van der Waals surface area contributed by atoms with E-state index in [4.69, 9.17) is 19.2 Å². The number of ether oxygens (including phenoxy) is 3. The van der Waals surface area contributed by atoms with Gasteiger partial charge in [-0.3, -0.25) is 9.69 Å². The van der Waals surface area contributed by atoms with Crippen molar-refractivity contribution < 1.29 is 19.0 Å². The number of fused-ring (bicyclic) bond motifs is 1. The highest BCUT2D eigenvalue weighted by molar-refractivity contribution is 8.18. The first-order valence-corrected chi connectivity index (χ1v) is 13.1. The molecule has 37 heavy (non-hydrogen) atoms. The Morgan fingerprint density at radius 2 is 1.68 bits per heavy atom. The van der Waals surface area contributed by atoms with E-state index in [1.165, 1.54) is 11.8 Å². The van der Waals surface area contributed by atoms with Gasteiger partial charge in [-0.1, -0.05) is 0 Å². The first kappa shape index (κ1) is 23.7. The van der Waals surface area contributed by atoms with E-state index in [1.807, 2.05) is 36.4 Å². The molecule has 1 aromatic heterocycles. The number of aryl methyl sites for hydroxylation is 1. The van der Waals surface area contributed by atoms with Crippen molar-refractivity contribution >= 4 is 40.3 Å². The van der Waals surface area contributed by atoms with Gasteiger partial charge in [-0.05, 0) is 79.7 Å².